The molecule has 90 valence electrons. The lowest BCUT2D eigenvalue weighted by Gasteiger charge is -2.17. The zero-order valence-corrected chi connectivity index (χ0v) is 11.4. The summed E-state index contributed by atoms with van der Waals surface area (Å²) in [6.07, 6.45) is 0. The van der Waals surface area contributed by atoms with Crippen LogP contribution in [0.1, 0.15) is 11.6 Å². The summed E-state index contributed by atoms with van der Waals surface area (Å²) >= 11 is 9.45. The van der Waals surface area contributed by atoms with Crippen molar-refractivity contribution in [2.24, 2.45) is 0 Å². The summed E-state index contributed by atoms with van der Waals surface area (Å²) in [7, 11) is 1.64. The van der Waals surface area contributed by atoms with Gasteiger partial charge in [-0.3, -0.25) is 0 Å². The van der Waals surface area contributed by atoms with Crippen LogP contribution in [-0.2, 0) is 4.74 Å². The minimum atomic E-state index is -0.157. The Labute approximate surface area is 109 Å². The first-order valence-electron chi connectivity index (χ1n) is 4.97. The topological polar surface area (TPSA) is 41.5 Å². The fourth-order valence-corrected chi connectivity index (χ4v) is 2.20. The number of aliphatic hydroxyl groups excluding tert-OH is 1. The van der Waals surface area contributed by atoms with Gasteiger partial charge in [0, 0.05) is 23.1 Å². The Morgan fingerprint density at radius 3 is 2.88 bits per heavy atom. The van der Waals surface area contributed by atoms with Crippen LogP contribution in [0, 0.1) is 0 Å². The quantitative estimate of drug-likeness (QED) is 0.793. The zero-order chi connectivity index (χ0) is 12.0. The molecule has 0 heterocycles. The van der Waals surface area contributed by atoms with E-state index in [9.17, 15) is 5.11 Å². The maximum Gasteiger partial charge on any atom is 0.0627 e. The molecule has 0 aliphatic rings. The molecule has 1 aromatic carbocycles. The van der Waals surface area contributed by atoms with Crippen LogP contribution in [0.25, 0.3) is 0 Å². The molecule has 0 saturated heterocycles. The Kier molecular flexibility index (Phi) is 6.31. The highest BCUT2D eigenvalue weighted by Crippen LogP contribution is 2.26. The van der Waals surface area contributed by atoms with Gasteiger partial charge in [-0.25, -0.2) is 0 Å². The first-order valence-corrected chi connectivity index (χ1v) is 6.14. The first-order chi connectivity index (χ1) is 7.69. The highest BCUT2D eigenvalue weighted by Gasteiger charge is 2.13. The fourth-order valence-electron chi connectivity index (χ4n) is 1.39. The second-order valence-electron chi connectivity index (χ2n) is 3.35. The second-order valence-corrected chi connectivity index (χ2v) is 4.67. The van der Waals surface area contributed by atoms with E-state index in [1.54, 1.807) is 7.11 Å². The van der Waals surface area contributed by atoms with Gasteiger partial charge in [0.1, 0.15) is 0 Å². The van der Waals surface area contributed by atoms with E-state index >= 15 is 0 Å². The number of nitrogens with one attached hydrogen (secondary N) is 1. The van der Waals surface area contributed by atoms with Gasteiger partial charge in [0.15, 0.2) is 0 Å². The molecule has 0 bridgehead atoms. The summed E-state index contributed by atoms with van der Waals surface area (Å²) < 4.78 is 5.86. The minimum Gasteiger partial charge on any atom is -0.394 e. The maximum absolute atomic E-state index is 9.30. The third kappa shape index (κ3) is 4.03. The normalized spacial score (nSPS) is 12.8. The highest BCUT2D eigenvalue weighted by atomic mass is 79.9. The van der Waals surface area contributed by atoms with Crippen LogP contribution in [0.5, 0.6) is 0 Å². The second kappa shape index (κ2) is 7.25. The molecular weight excluding hydrogens is 293 g/mol. The van der Waals surface area contributed by atoms with Crippen molar-refractivity contribution in [1.82, 2.24) is 5.32 Å². The number of halogens is 2. The highest BCUT2D eigenvalue weighted by molar-refractivity contribution is 9.10. The van der Waals surface area contributed by atoms with Crippen LogP contribution in [0.2, 0.25) is 5.02 Å². The molecule has 0 aliphatic carbocycles. The molecule has 1 rings (SSSR count). The van der Waals surface area contributed by atoms with Crippen LogP contribution >= 0.6 is 27.5 Å². The van der Waals surface area contributed by atoms with Crippen molar-refractivity contribution in [3.8, 4) is 0 Å². The molecule has 1 unspecified atom stereocenters. The third-order valence-electron chi connectivity index (χ3n) is 2.22. The predicted molar refractivity (Wildman–Crippen MR) is 68.9 cm³/mol. The zero-order valence-electron chi connectivity index (χ0n) is 9.04. The van der Waals surface area contributed by atoms with E-state index < -0.39 is 0 Å². The summed E-state index contributed by atoms with van der Waals surface area (Å²) in [6, 6.07) is 5.46. The maximum atomic E-state index is 9.30. The Morgan fingerprint density at radius 2 is 2.31 bits per heavy atom. The van der Waals surface area contributed by atoms with E-state index in [2.05, 4.69) is 21.2 Å². The monoisotopic (exact) mass is 307 g/mol. The van der Waals surface area contributed by atoms with Gasteiger partial charge >= 0.3 is 0 Å². The first kappa shape index (κ1) is 13.9. The van der Waals surface area contributed by atoms with Crippen molar-refractivity contribution in [3.63, 3.8) is 0 Å². The van der Waals surface area contributed by atoms with E-state index in [4.69, 9.17) is 16.3 Å². The lowest BCUT2D eigenvalue weighted by molar-refractivity contribution is 0.184. The largest absolute Gasteiger partial charge is 0.394 e. The molecule has 0 radical (unpaired) electrons. The van der Waals surface area contributed by atoms with Gasteiger partial charge in [-0.05, 0) is 17.7 Å². The van der Waals surface area contributed by atoms with Crippen molar-refractivity contribution in [2.75, 3.05) is 26.9 Å². The van der Waals surface area contributed by atoms with Crippen molar-refractivity contribution in [1.29, 1.82) is 0 Å². The number of rotatable bonds is 6. The molecule has 0 aliphatic heterocycles. The average Bonchev–Trinajstić information content (AvgIpc) is 2.26. The van der Waals surface area contributed by atoms with E-state index in [-0.39, 0.29) is 12.6 Å². The van der Waals surface area contributed by atoms with Gasteiger partial charge in [-0.15, -0.1) is 0 Å². The molecule has 1 atom stereocenters. The van der Waals surface area contributed by atoms with Gasteiger partial charge in [0.2, 0.25) is 0 Å². The molecule has 1 aromatic rings. The van der Waals surface area contributed by atoms with Gasteiger partial charge in [0.25, 0.3) is 0 Å². The van der Waals surface area contributed by atoms with E-state index in [1.807, 2.05) is 18.2 Å². The lowest BCUT2D eigenvalue weighted by Crippen LogP contribution is -2.27. The number of hydrogen-bond donors (Lipinski definition) is 2. The number of benzene rings is 1. The Bertz CT molecular complexity index is 336. The molecule has 0 spiro atoms. The molecule has 3 nitrogen and oxygen atoms in total. The average molecular weight is 309 g/mol. The number of aliphatic hydroxyl groups is 1. The summed E-state index contributed by atoms with van der Waals surface area (Å²) in [5.74, 6) is 0. The van der Waals surface area contributed by atoms with E-state index in [0.29, 0.717) is 18.2 Å². The van der Waals surface area contributed by atoms with Crippen molar-refractivity contribution >= 4 is 27.5 Å². The molecule has 2 N–H and O–H groups in total. The number of ether oxygens (including phenoxy) is 1. The van der Waals surface area contributed by atoms with Gasteiger partial charge in [-0.2, -0.15) is 0 Å². The van der Waals surface area contributed by atoms with Crippen molar-refractivity contribution in [2.45, 2.75) is 6.04 Å². The van der Waals surface area contributed by atoms with E-state index in [1.165, 1.54) is 0 Å². The van der Waals surface area contributed by atoms with Gasteiger partial charge < -0.3 is 15.2 Å². The summed E-state index contributed by atoms with van der Waals surface area (Å²) in [5, 5.41) is 13.1. The molecule has 0 saturated carbocycles. The summed E-state index contributed by atoms with van der Waals surface area (Å²) in [5.41, 5.74) is 0.892. The number of methoxy groups -OCH3 is 1. The van der Waals surface area contributed by atoms with E-state index in [0.717, 1.165) is 10.0 Å². The fraction of sp³-hybridized carbons (Fsp3) is 0.455. The molecule has 0 amide bonds. The third-order valence-corrected chi connectivity index (χ3v) is 3.04. The Morgan fingerprint density at radius 1 is 1.56 bits per heavy atom. The summed E-state index contributed by atoms with van der Waals surface area (Å²) in [4.78, 5) is 0. The Hall–Kier alpha value is -0.130. The minimum absolute atomic E-state index is 0.00503. The standard InChI is InChI=1S/C11H15BrClNO2/c1-16-5-4-14-11(7-15)9-3-2-8(12)6-10(9)13/h2-3,6,11,14-15H,4-5,7H2,1H3. The van der Waals surface area contributed by atoms with Crippen molar-refractivity contribution < 1.29 is 9.84 Å². The smallest absolute Gasteiger partial charge is 0.0627 e. The molecule has 0 fully saturated rings. The van der Waals surface area contributed by atoms with Crippen LogP contribution in [0.4, 0.5) is 0 Å². The lowest BCUT2D eigenvalue weighted by atomic mass is 10.1. The number of hydrogen-bond acceptors (Lipinski definition) is 3. The van der Waals surface area contributed by atoms with Gasteiger partial charge in [-0.1, -0.05) is 33.6 Å². The summed E-state index contributed by atoms with van der Waals surface area (Å²) in [6.45, 7) is 1.28. The molecule has 0 aromatic heterocycles. The van der Waals surface area contributed by atoms with Crippen LogP contribution < -0.4 is 5.32 Å². The molecule has 16 heavy (non-hydrogen) atoms. The SMILES string of the molecule is COCCNC(CO)c1ccc(Br)cc1Cl. The van der Waals surface area contributed by atoms with Crippen LogP contribution in [0.15, 0.2) is 22.7 Å². The van der Waals surface area contributed by atoms with Gasteiger partial charge in [0.05, 0.1) is 19.3 Å². The molecular formula is C11H15BrClNO2. The van der Waals surface area contributed by atoms with Crippen molar-refractivity contribution in [3.05, 3.63) is 33.3 Å². The van der Waals surface area contributed by atoms with Crippen LogP contribution in [0.3, 0.4) is 0 Å². The predicted octanol–water partition coefficient (Wildman–Crippen LogP) is 2.37. The van der Waals surface area contributed by atoms with Crippen LogP contribution in [-0.4, -0.2) is 32.0 Å². The Balaban J connectivity index is 2.70. The molecule has 5 heteroatoms.